The molecular formula is C13H19NO2S. The highest BCUT2D eigenvalue weighted by Crippen LogP contribution is 2.48. The van der Waals surface area contributed by atoms with Gasteiger partial charge in [-0.2, -0.15) is 0 Å². The molecule has 0 heterocycles. The lowest BCUT2D eigenvalue weighted by molar-refractivity contribution is 0.225. The van der Waals surface area contributed by atoms with Gasteiger partial charge >= 0.3 is 0 Å². The fourth-order valence-electron chi connectivity index (χ4n) is 2.76. The van der Waals surface area contributed by atoms with Crippen molar-refractivity contribution in [3.8, 4) is 0 Å². The molecule has 2 N–H and O–H groups in total. The molecule has 0 bridgehead atoms. The highest BCUT2D eigenvalue weighted by molar-refractivity contribution is 7.90. The molecule has 4 heteroatoms. The van der Waals surface area contributed by atoms with E-state index in [1.165, 1.54) is 6.26 Å². The Balaban J connectivity index is 2.51. The molecule has 0 spiro atoms. The number of nitrogens with two attached hydrogens (primary N) is 1. The average Bonchev–Trinajstić information content (AvgIpc) is 2.22. The van der Waals surface area contributed by atoms with Crippen molar-refractivity contribution in [2.24, 2.45) is 5.73 Å². The zero-order valence-corrected chi connectivity index (χ0v) is 11.0. The SMILES string of the molecule is CS(=O)(=O)c1ccccc1C1(CCN)CCC1. The van der Waals surface area contributed by atoms with Crippen molar-refractivity contribution in [3.63, 3.8) is 0 Å². The highest BCUT2D eigenvalue weighted by atomic mass is 32.2. The molecule has 0 aromatic heterocycles. The Bertz CT molecular complexity index is 504. The summed E-state index contributed by atoms with van der Waals surface area (Å²) in [6.45, 7) is 0.609. The minimum atomic E-state index is -3.15. The first kappa shape index (κ1) is 12.6. The molecule has 1 aliphatic rings. The molecule has 2 rings (SSSR count). The molecule has 1 saturated carbocycles. The van der Waals surface area contributed by atoms with E-state index in [4.69, 9.17) is 5.73 Å². The Hall–Kier alpha value is -0.870. The average molecular weight is 253 g/mol. The van der Waals surface area contributed by atoms with Crippen molar-refractivity contribution in [3.05, 3.63) is 29.8 Å². The minimum absolute atomic E-state index is 0.00836. The van der Waals surface area contributed by atoms with E-state index in [0.29, 0.717) is 11.4 Å². The summed E-state index contributed by atoms with van der Waals surface area (Å²) in [6.07, 6.45) is 5.42. The third kappa shape index (κ3) is 2.24. The molecule has 0 atom stereocenters. The van der Waals surface area contributed by atoms with E-state index in [0.717, 1.165) is 31.2 Å². The van der Waals surface area contributed by atoms with Crippen molar-refractivity contribution in [2.45, 2.75) is 36.0 Å². The summed E-state index contributed by atoms with van der Waals surface area (Å²) in [5.74, 6) is 0. The molecule has 1 aromatic rings. The second-order valence-electron chi connectivity index (χ2n) is 4.94. The Morgan fingerprint density at radius 1 is 1.29 bits per heavy atom. The minimum Gasteiger partial charge on any atom is -0.330 e. The first-order chi connectivity index (χ1) is 7.99. The van der Waals surface area contributed by atoms with Gasteiger partial charge in [0.2, 0.25) is 0 Å². The van der Waals surface area contributed by atoms with Crippen LogP contribution in [-0.4, -0.2) is 21.2 Å². The van der Waals surface area contributed by atoms with E-state index in [-0.39, 0.29) is 5.41 Å². The summed E-state index contributed by atoms with van der Waals surface area (Å²) in [4.78, 5) is 0.480. The van der Waals surface area contributed by atoms with E-state index in [9.17, 15) is 8.42 Å². The Kier molecular flexibility index (Phi) is 3.27. The van der Waals surface area contributed by atoms with Crippen LogP contribution >= 0.6 is 0 Å². The number of rotatable bonds is 4. The van der Waals surface area contributed by atoms with Crippen molar-refractivity contribution < 1.29 is 8.42 Å². The third-order valence-corrected chi connectivity index (χ3v) is 4.95. The third-order valence-electron chi connectivity index (χ3n) is 3.79. The molecular weight excluding hydrogens is 234 g/mol. The number of hydrogen-bond acceptors (Lipinski definition) is 3. The lowest BCUT2D eigenvalue weighted by Gasteiger charge is -2.43. The van der Waals surface area contributed by atoms with Crippen molar-refractivity contribution in [1.29, 1.82) is 0 Å². The first-order valence-corrected chi connectivity index (χ1v) is 7.88. The lowest BCUT2D eigenvalue weighted by Crippen LogP contribution is -2.37. The van der Waals surface area contributed by atoms with Gasteiger partial charge in [-0.15, -0.1) is 0 Å². The van der Waals surface area contributed by atoms with Crippen LogP contribution in [0.3, 0.4) is 0 Å². The van der Waals surface area contributed by atoms with Crippen LogP contribution in [0.5, 0.6) is 0 Å². The monoisotopic (exact) mass is 253 g/mol. The standard InChI is InChI=1S/C13H19NO2S/c1-17(15,16)12-6-3-2-5-11(12)13(9-10-14)7-4-8-13/h2-3,5-6H,4,7-10,14H2,1H3. The molecule has 0 saturated heterocycles. The van der Waals surface area contributed by atoms with Gasteiger partial charge in [0.15, 0.2) is 9.84 Å². The van der Waals surface area contributed by atoms with Crippen molar-refractivity contribution >= 4 is 9.84 Å². The highest BCUT2D eigenvalue weighted by Gasteiger charge is 2.40. The van der Waals surface area contributed by atoms with Crippen LogP contribution in [0.4, 0.5) is 0 Å². The van der Waals surface area contributed by atoms with E-state index in [2.05, 4.69) is 0 Å². The number of benzene rings is 1. The maximum Gasteiger partial charge on any atom is 0.175 e. The molecule has 0 amide bonds. The zero-order chi connectivity index (χ0) is 12.5. The molecule has 0 aliphatic heterocycles. The summed E-state index contributed by atoms with van der Waals surface area (Å²) in [5.41, 5.74) is 6.65. The van der Waals surface area contributed by atoms with Crippen molar-refractivity contribution in [1.82, 2.24) is 0 Å². The fraction of sp³-hybridized carbons (Fsp3) is 0.538. The van der Waals surface area contributed by atoms with Crippen LogP contribution in [-0.2, 0) is 15.3 Å². The molecule has 1 aromatic carbocycles. The molecule has 3 nitrogen and oxygen atoms in total. The van der Waals surface area contributed by atoms with Gasteiger partial charge in [-0.25, -0.2) is 8.42 Å². The van der Waals surface area contributed by atoms with Gasteiger partial charge in [-0.3, -0.25) is 0 Å². The summed E-state index contributed by atoms with van der Waals surface area (Å²) in [7, 11) is -3.15. The van der Waals surface area contributed by atoms with Crippen LogP contribution in [0.25, 0.3) is 0 Å². The summed E-state index contributed by atoms with van der Waals surface area (Å²) < 4.78 is 23.6. The van der Waals surface area contributed by atoms with Gasteiger partial charge in [-0.1, -0.05) is 24.6 Å². The number of sulfone groups is 1. The fourth-order valence-corrected chi connectivity index (χ4v) is 3.77. The second kappa shape index (κ2) is 4.42. The Labute approximate surface area is 103 Å². The predicted octanol–water partition coefficient (Wildman–Crippen LogP) is 1.86. The van der Waals surface area contributed by atoms with Crippen molar-refractivity contribution in [2.75, 3.05) is 12.8 Å². The lowest BCUT2D eigenvalue weighted by atomic mass is 9.62. The normalized spacial score (nSPS) is 18.7. The summed E-state index contributed by atoms with van der Waals surface area (Å²) in [5, 5.41) is 0. The Morgan fingerprint density at radius 3 is 2.41 bits per heavy atom. The van der Waals surface area contributed by atoms with E-state index in [1.807, 2.05) is 12.1 Å². The number of hydrogen-bond donors (Lipinski definition) is 1. The second-order valence-corrected chi connectivity index (χ2v) is 6.93. The summed E-state index contributed by atoms with van der Waals surface area (Å²) >= 11 is 0. The van der Waals surface area contributed by atoms with Crippen LogP contribution in [0, 0.1) is 0 Å². The molecule has 0 unspecified atom stereocenters. The van der Waals surface area contributed by atoms with E-state index < -0.39 is 9.84 Å². The van der Waals surface area contributed by atoms with Crippen LogP contribution in [0.15, 0.2) is 29.2 Å². The van der Waals surface area contributed by atoms with Gasteiger partial charge in [0.05, 0.1) is 4.90 Å². The largest absolute Gasteiger partial charge is 0.330 e. The zero-order valence-electron chi connectivity index (χ0n) is 10.1. The molecule has 1 aliphatic carbocycles. The van der Waals surface area contributed by atoms with Gasteiger partial charge in [0, 0.05) is 6.26 Å². The summed E-state index contributed by atoms with van der Waals surface area (Å²) in [6, 6.07) is 7.36. The first-order valence-electron chi connectivity index (χ1n) is 5.99. The van der Waals surface area contributed by atoms with Crippen LogP contribution in [0.2, 0.25) is 0 Å². The van der Waals surface area contributed by atoms with Gasteiger partial charge < -0.3 is 5.73 Å². The predicted molar refractivity (Wildman–Crippen MR) is 68.8 cm³/mol. The van der Waals surface area contributed by atoms with Crippen LogP contribution < -0.4 is 5.73 Å². The van der Waals surface area contributed by atoms with Gasteiger partial charge in [0.25, 0.3) is 0 Å². The van der Waals surface area contributed by atoms with Crippen LogP contribution in [0.1, 0.15) is 31.2 Å². The smallest absolute Gasteiger partial charge is 0.175 e. The molecule has 94 valence electrons. The van der Waals surface area contributed by atoms with Gasteiger partial charge in [-0.05, 0) is 42.9 Å². The molecule has 0 radical (unpaired) electrons. The molecule has 17 heavy (non-hydrogen) atoms. The maximum absolute atomic E-state index is 11.8. The quantitative estimate of drug-likeness (QED) is 0.891. The topological polar surface area (TPSA) is 60.2 Å². The molecule has 1 fully saturated rings. The Morgan fingerprint density at radius 2 is 1.94 bits per heavy atom. The van der Waals surface area contributed by atoms with Gasteiger partial charge in [0.1, 0.15) is 0 Å². The van der Waals surface area contributed by atoms with E-state index >= 15 is 0 Å². The maximum atomic E-state index is 11.8. The van der Waals surface area contributed by atoms with E-state index in [1.54, 1.807) is 12.1 Å².